The molecule has 0 aliphatic heterocycles. The molecular formula is C8H8ClNO2. The van der Waals surface area contributed by atoms with Gasteiger partial charge in [-0.05, 0) is 18.6 Å². The maximum atomic E-state index is 10.5. The van der Waals surface area contributed by atoms with Crippen LogP contribution in [0.25, 0.3) is 0 Å². The average Bonchev–Trinajstić information content (AvgIpc) is 1.81. The van der Waals surface area contributed by atoms with E-state index in [2.05, 4.69) is 4.98 Å². The van der Waals surface area contributed by atoms with E-state index in [0.717, 1.165) is 5.56 Å². The Kier molecular flexibility index (Phi) is 2.65. The number of aromatic nitrogens is 1. The van der Waals surface area contributed by atoms with Crippen molar-refractivity contribution >= 4 is 17.6 Å². The zero-order valence-electron chi connectivity index (χ0n) is 6.80. The second-order valence-corrected chi connectivity index (χ2v) is 2.79. The lowest BCUT2D eigenvalue weighted by Crippen LogP contribution is -2.03. The van der Waals surface area contributed by atoms with E-state index in [-0.39, 0.29) is 5.88 Å². The van der Waals surface area contributed by atoms with Gasteiger partial charge in [-0.3, -0.25) is 4.79 Å². The van der Waals surface area contributed by atoms with Crippen molar-refractivity contribution in [2.24, 2.45) is 0 Å². The number of ether oxygens (including phenoxy) is 1. The maximum Gasteiger partial charge on any atom is 0.309 e. The molecule has 0 N–H and O–H groups in total. The third kappa shape index (κ3) is 2.51. The molecule has 0 amide bonds. The van der Waals surface area contributed by atoms with Crippen molar-refractivity contribution in [3.05, 3.63) is 22.8 Å². The highest BCUT2D eigenvalue weighted by Gasteiger charge is 2.01. The van der Waals surface area contributed by atoms with E-state index in [1.165, 1.54) is 6.92 Å². The Bertz CT molecular complexity index is 292. The minimum absolute atomic E-state index is 0.243. The van der Waals surface area contributed by atoms with Crippen LogP contribution in [0.15, 0.2) is 12.1 Å². The van der Waals surface area contributed by atoms with Crippen molar-refractivity contribution in [3.8, 4) is 5.88 Å². The fourth-order valence-electron chi connectivity index (χ4n) is 0.794. The number of hydrogen-bond donors (Lipinski definition) is 0. The van der Waals surface area contributed by atoms with E-state index in [1.54, 1.807) is 12.1 Å². The Morgan fingerprint density at radius 1 is 1.58 bits per heavy atom. The van der Waals surface area contributed by atoms with Gasteiger partial charge in [0.25, 0.3) is 0 Å². The molecule has 0 aliphatic carbocycles. The SMILES string of the molecule is CC(=O)Oc1cc(C)cc(Cl)n1. The number of nitrogens with zero attached hydrogens (tertiary/aromatic N) is 1. The third-order valence-electron chi connectivity index (χ3n) is 1.16. The van der Waals surface area contributed by atoms with E-state index >= 15 is 0 Å². The minimum atomic E-state index is -0.399. The molecule has 3 nitrogen and oxygen atoms in total. The number of carbonyl (C=O) groups excluding carboxylic acids is 1. The Balaban J connectivity index is 2.93. The summed E-state index contributed by atoms with van der Waals surface area (Å²) in [5, 5.41) is 0.325. The average molecular weight is 186 g/mol. The second-order valence-electron chi connectivity index (χ2n) is 2.40. The summed E-state index contributed by atoms with van der Waals surface area (Å²) in [4.78, 5) is 14.3. The molecule has 1 heterocycles. The first-order valence-electron chi connectivity index (χ1n) is 3.40. The molecule has 64 valence electrons. The summed E-state index contributed by atoms with van der Waals surface area (Å²) in [7, 11) is 0. The monoisotopic (exact) mass is 185 g/mol. The summed E-state index contributed by atoms with van der Waals surface area (Å²) in [5.74, 6) is -0.156. The van der Waals surface area contributed by atoms with Crippen LogP contribution in [0, 0.1) is 6.92 Å². The highest BCUT2D eigenvalue weighted by molar-refractivity contribution is 6.29. The molecule has 0 unspecified atom stereocenters. The Morgan fingerprint density at radius 2 is 2.25 bits per heavy atom. The highest BCUT2D eigenvalue weighted by Crippen LogP contribution is 2.15. The summed E-state index contributed by atoms with van der Waals surface area (Å²) in [6, 6.07) is 3.34. The van der Waals surface area contributed by atoms with Gasteiger partial charge in [-0.15, -0.1) is 0 Å². The van der Waals surface area contributed by atoms with Crippen LogP contribution < -0.4 is 4.74 Å². The molecule has 0 saturated heterocycles. The van der Waals surface area contributed by atoms with Gasteiger partial charge in [-0.1, -0.05) is 11.6 Å². The molecule has 0 radical (unpaired) electrons. The zero-order chi connectivity index (χ0) is 9.14. The van der Waals surface area contributed by atoms with Gasteiger partial charge in [0.1, 0.15) is 5.15 Å². The maximum absolute atomic E-state index is 10.5. The topological polar surface area (TPSA) is 39.2 Å². The van der Waals surface area contributed by atoms with E-state index < -0.39 is 5.97 Å². The molecule has 0 spiro atoms. The van der Waals surface area contributed by atoms with Gasteiger partial charge in [-0.2, -0.15) is 0 Å². The van der Waals surface area contributed by atoms with Gasteiger partial charge in [0.05, 0.1) is 0 Å². The zero-order valence-corrected chi connectivity index (χ0v) is 7.55. The Labute approximate surface area is 75.3 Å². The Morgan fingerprint density at radius 3 is 2.75 bits per heavy atom. The van der Waals surface area contributed by atoms with Crippen LogP contribution >= 0.6 is 11.6 Å². The quantitative estimate of drug-likeness (QED) is 0.496. The predicted octanol–water partition coefficient (Wildman–Crippen LogP) is 1.97. The molecule has 0 fully saturated rings. The highest BCUT2D eigenvalue weighted by atomic mass is 35.5. The van der Waals surface area contributed by atoms with Crippen molar-refractivity contribution in [3.63, 3.8) is 0 Å². The fraction of sp³-hybridized carbons (Fsp3) is 0.250. The number of carbonyl (C=O) groups is 1. The number of esters is 1. The molecule has 0 aliphatic rings. The first kappa shape index (κ1) is 9.00. The van der Waals surface area contributed by atoms with Crippen LogP contribution in [0.2, 0.25) is 5.15 Å². The fourth-order valence-corrected chi connectivity index (χ4v) is 1.05. The molecule has 0 atom stereocenters. The van der Waals surface area contributed by atoms with E-state index in [0.29, 0.717) is 5.15 Å². The standard InChI is InChI=1S/C8H8ClNO2/c1-5-3-7(9)10-8(4-5)12-6(2)11/h3-4H,1-2H3. The molecule has 0 aromatic carbocycles. The van der Waals surface area contributed by atoms with Gasteiger partial charge in [0, 0.05) is 13.0 Å². The van der Waals surface area contributed by atoms with Crippen molar-refractivity contribution in [2.45, 2.75) is 13.8 Å². The van der Waals surface area contributed by atoms with Crippen molar-refractivity contribution < 1.29 is 9.53 Å². The van der Waals surface area contributed by atoms with Crippen LogP contribution in [-0.4, -0.2) is 11.0 Å². The van der Waals surface area contributed by atoms with E-state index in [9.17, 15) is 4.79 Å². The number of pyridine rings is 1. The lowest BCUT2D eigenvalue weighted by Gasteiger charge is -2.00. The number of hydrogen-bond acceptors (Lipinski definition) is 3. The van der Waals surface area contributed by atoms with Crippen molar-refractivity contribution in [1.29, 1.82) is 0 Å². The van der Waals surface area contributed by atoms with E-state index in [1.807, 2.05) is 6.92 Å². The number of aryl methyl sites for hydroxylation is 1. The molecule has 0 saturated carbocycles. The molecule has 4 heteroatoms. The van der Waals surface area contributed by atoms with Gasteiger partial charge < -0.3 is 4.74 Å². The second kappa shape index (κ2) is 3.54. The molecule has 1 aromatic heterocycles. The first-order valence-corrected chi connectivity index (χ1v) is 3.78. The summed E-state index contributed by atoms with van der Waals surface area (Å²) in [6.45, 7) is 3.17. The summed E-state index contributed by atoms with van der Waals surface area (Å²) >= 11 is 5.63. The van der Waals surface area contributed by atoms with Crippen LogP contribution in [-0.2, 0) is 4.79 Å². The summed E-state index contributed by atoms with van der Waals surface area (Å²) in [6.07, 6.45) is 0. The van der Waals surface area contributed by atoms with Crippen molar-refractivity contribution in [2.75, 3.05) is 0 Å². The minimum Gasteiger partial charge on any atom is -0.408 e. The van der Waals surface area contributed by atoms with Gasteiger partial charge in [-0.25, -0.2) is 4.98 Å². The normalized spacial score (nSPS) is 9.58. The van der Waals surface area contributed by atoms with Crippen LogP contribution in [0.3, 0.4) is 0 Å². The first-order chi connectivity index (χ1) is 5.58. The molecule has 12 heavy (non-hydrogen) atoms. The predicted molar refractivity (Wildman–Crippen MR) is 45.3 cm³/mol. The summed E-state index contributed by atoms with van der Waals surface area (Å²) in [5.41, 5.74) is 0.909. The van der Waals surface area contributed by atoms with Crippen molar-refractivity contribution in [1.82, 2.24) is 4.98 Å². The van der Waals surface area contributed by atoms with E-state index in [4.69, 9.17) is 16.3 Å². The smallest absolute Gasteiger partial charge is 0.309 e. The lowest BCUT2D eigenvalue weighted by atomic mass is 10.3. The van der Waals surface area contributed by atoms with Crippen LogP contribution in [0.1, 0.15) is 12.5 Å². The molecule has 0 bridgehead atoms. The summed E-state index contributed by atoms with van der Waals surface area (Å²) < 4.78 is 4.74. The number of halogens is 1. The third-order valence-corrected chi connectivity index (χ3v) is 1.36. The molecular weight excluding hydrogens is 178 g/mol. The van der Waals surface area contributed by atoms with Crippen LogP contribution in [0.4, 0.5) is 0 Å². The molecule has 1 aromatic rings. The number of rotatable bonds is 1. The Hall–Kier alpha value is -1.09. The largest absolute Gasteiger partial charge is 0.408 e. The molecule has 1 rings (SSSR count). The van der Waals surface area contributed by atoms with Gasteiger partial charge in [0.15, 0.2) is 0 Å². The van der Waals surface area contributed by atoms with Gasteiger partial charge >= 0.3 is 5.97 Å². The van der Waals surface area contributed by atoms with Gasteiger partial charge in [0.2, 0.25) is 5.88 Å². The van der Waals surface area contributed by atoms with Crippen LogP contribution in [0.5, 0.6) is 5.88 Å². The lowest BCUT2D eigenvalue weighted by molar-refractivity contribution is -0.132.